The first-order valence-electron chi connectivity index (χ1n) is 13.0. The largest absolute Gasteiger partial charge is 0.405 e. The Morgan fingerprint density at radius 1 is 1.28 bits per heavy atom. The molecule has 1 aromatic rings. The van der Waals surface area contributed by atoms with E-state index in [9.17, 15) is 14.7 Å². The van der Waals surface area contributed by atoms with Gasteiger partial charge in [-0.05, 0) is 72.7 Å². The molecule has 10 heteroatoms. The zero-order valence-corrected chi connectivity index (χ0v) is 23.6. The van der Waals surface area contributed by atoms with Crippen LogP contribution in [-0.4, -0.2) is 48.5 Å². The summed E-state index contributed by atoms with van der Waals surface area (Å²) in [6.07, 6.45) is 13.6. The average Bonchev–Trinajstić information content (AvgIpc) is 3.18. The molecule has 1 aliphatic rings. The molecule has 8 N–H and O–H groups in total. The van der Waals surface area contributed by atoms with E-state index in [0.717, 1.165) is 24.0 Å². The molecule has 1 amide bonds. The van der Waals surface area contributed by atoms with Crippen LogP contribution in [0.4, 0.5) is 5.69 Å². The van der Waals surface area contributed by atoms with Crippen LogP contribution in [-0.2, 0) is 11.8 Å². The van der Waals surface area contributed by atoms with Crippen molar-refractivity contribution in [3.05, 3.63) is 81.3 Å². The second-order valence-electron chi connectivity index (χ2n) is 10.3. The van der Waals surface area contributed by atoms with Crippen molar-refractivity contribution in [2.24, 2.45) is 18.2 Å². The fourth-order valence-corrected chi connectivity index (χ4v) is 4.56. The maximum absolute atomic E-state index is 12.8. The average molecular weight is 538 g/mol. The Morgan fingerprint density at radius 3 is 2.64 bits per heavy atom. The summed E-state index contributed by atoms with van der Waals surface area (Å²) in [6.45, 7) is 7.13. The van der Waals surface area contributed by atoms with E-state index in [1.54, 1.807) is 45.4 Å². The highest BCUT2D eigenvalue weighted by molar-refractivity contribution is 5.91. The van der Waals surface area contributed by atoms with Gasteiger partial charge < -0.3 is 42.1 Å². The van der Waals surface area contributed by atoms with Gasteiger partial charge >= 0.3 is 0 Å². The third-order valence-corrected chi connectivity index (χ3v) is 6.31. The van der Waals surface area contributed by atoms with Crippen molar-refractivity contribution in [2.75, 3.05) is 32.1 Å². The standard InChI is InChI=1S/C29H43N7O3/c1-20(31)13-27(32-4)35-25-14-23(17-36(5)28(25)39)24(9-10-30)22(18-37)8-6-7-21-15-29(2,3)16-26(21)34-12-11-33-19-38/h6-7,9-10,13-14,17,19,31-32,34-35,37H,8,11-12,15-16,18,30H2,1-5H3,(H,33,38)/b7-6+,10-9-,24-22-,27-13+,31-20?. The first-order valence-corrected chi connectivity index (χ1v) is 13.0. The summed E-state index contributed by atoms with van der Waals surface area (Å²) in [5, 5.41) is 30.2. The van der Waals surface area contributed by atoms with Crippen molar-refractivity contribution in [1.29, 1.82) is 5.41 Å². The van der Waals surface area contributed by atoms with Crippen LogP contribution in [0.25, 0.3) is 5.57 Å². The van der Waals surface area contributed by atoms with E-state index in [-0.39, 0.29) is 17.6 Å². The number of anilines is 1. The third-order valence-electron chi connectivity index (χ3n) is 6.31. The molecule has 0 spiro atoms. The van der Waals surface area contributed by atoms with Crippen molar-refractivity contribution < 1.29 is 9.90 Å². The minimum atomic E-state index is -0.233. The zero-order chi connectivity index (χ0) is 29.0. The Kier molecular flexibility index (Phi) is 11.8. The number of hydrogen-bond acceptors (Lipinski definition) is 8. The van der Waals surface area contributed by atoms with Crippen LogP contribution < -0.4 is 32.6 Å². The van der Waals surface area contributed by atoms with E-state index >= 15 is 0 Å². The molecule has 0 saturated heterocycles. The number of hydrogen-bond donors (Lipinski definition) is 7. The normalized spacial score (nSPS) is 16.0. The summed E-state index contributed by atoms with van der Waals surface area (Å²) in [5.74, 6) is 0.515. The highest BCUT2D eigenvalue weighted by Crippen LogP contribution is 2.40. The predicted octanol–water partition coefficient (Wildman–Crippen LogP) is 2.47. The summed E-state index contributed by atoms with van der Waals surface area (Å²) in [6, 6.07) is 1.72. The maximum Gasteiger partial charge on any atom is 0.274 e. The Bertz CT molecular complexity index is 1250. The smallest absolute Gasteiger partial charge is 0.274 e. The lowest BCUT2D eigenvalue weighted by Gasteiger charge is -2.17. The van der Waals surface area contributed by atoms with Gasteiger partial charge in [-0.3, -0.25) is 9.59 Å². The lowest BCUT2D eigenvalue weighted by atomic mass is 9.89. The highest BCUT2D eigenvalue weighted by Gasteiger charge is 2.29. The number of allylic oxidation sites excluding steroid dienone is 7. The highest BCUT2D eigenvalue weighted by atomic mass is 16.3. The van der Waals surface area contributed by atoms with Gasteiger partial charge in [0, 0.05) is 50.4 Å². The van der Waals surface area contributed by atoms with Crippen molar-refractivity contribution in [3.63, 3.8) is 0 Å². The predicted molar refractivity (Wildman–Crippen MR) is 159 cm³/mol. The summed E-state index contributed by atoms with van der Waals surface area (Å²) in [5.41, 5.74) is 10.9. The minimum absolute atomic E-state index is 0.137. The van der Waals surface area contributed by atoms with Gasteiger partial charge in [0.2, 0.25) is 6.41 Å². The lowest BCUT2D eigenvalue weighted by Crippen LogP contribution is -2.26. The van der Waals surface area contributed by atoms with Gasteiger partial charge in [0.05, 0.1) is 6.61 Å². The Hall–Kier alpha value is -4.05. The van der Waals surface area contributed by atoms with Crippen LogP contribution in [0.5, 0.6) is 0 Å². The fourth-order valence-electron chi connectivity index (χ4n) is 4.56. The van der Waals surface area contributed by atoms with Crippen molar-refractivity contribution in [2.45, 2.75) is 40.0 Å². The molecule has 10 nitrogen and oxygen atoms in total. The lowest BCUT2D eigenvalue weighted by molar-refractivity contribution is -0.109. The second-order valence-corrected chi connectivity index (χ2v) is 10.3. The SMILES string of the molecule is CN/C(=C\C(C)=N)Nc1cc(C(/C=C\N)=C(\CO)C/C=C/C2=C(NCCNC=O)CC(C)(C)C2)cn(C)c1=O. The van der Waals surface area contributed by atoms with E-state index in [4.69, 9.17) is 11.1 Å². The number of carbonyl (C=O) groups is 1. The van der Waals surface area contributed by atoms with Gasteiger partial charge in [-0.15, -0.1) is 0 Å². The molecular formula is C29H43N7O3. The first kappa shape index (κ1) is 31.2. The van der Waals surface area contributed by atoms with Crippen LogP contribution in [0.2, 0.25) is 0 Å². The number of pyridine rings is 1. The summed E-state index contributed by atoms with van der Waals surface area (Å²) in [7, 11) is 3.37. The van der Waals surface area contributed by atoms with Crippen LogP contribution in [0.3, 0.4) is 0 Å². The summed E-state index contributed by atoms with van der Waals surface area (Å²) >= 11 is 0. The van der Waals surface area contributed by atoms with Gasteiger partial charge in [-0.2, -0.15) is 0 Å². The zero-order valence-electron chi connectivity index (χ0n) is 23.6. The number of nitrogens with zero attached hydrogens (tertiary/aromatic N) is 1. The molecule has 1 aliphatic carbocycles. The Morgan fingerprint density at radius 2 is 2.03 bits per heavy atom. The van der Waals surface area contributed by atoms with Gasteiger partial charge in [0.15, 0.2) is 0 Å². The molecule has 1 heterocycles. The molecule has 2 rings (SSSR count). The number of aliphatic hydroxyl groups is 1. The Balaban J connectivity index is 2.41. The van der Waals surface area contributed by atoms with E-state index in [1.807, 2.05) is 6.08 Å². The van der Waals surface area contributed by atoms with Crippen LogP contribution in [0, 0.1) is 10.8 Å². The molecule has 0 aliphatic heterocycles. The molecular weight excluding hydrogens is 494 g/mol. The van der Waals surface area contributed by atoms with Gasteiger partial charge in [-0.25, -0.2) is 0 Å². The summed E-state index contributed by atoms with van der Waals surface area (Å²) in [4.78, 5) is 23.4. The number of nitrogens with one attached hydrogen (secondary N) is 5. The molecule has 0 fully saturated rings. The molecule has 39 heavy (non-hydrogen) atoms. The maximum atomic E-state index is 12.8. The summed E-state index contributed by atoms with van der Waals surface area (Å²) < 4.78 is 1.47. The molecule has 0 bridgehead atoms. The number of rotatable bonds is 15. The third kappa shape index (κ3) is 9.33. The van der Waals surface area contributed by atoms with Crippen LogP contribution >= 0.6 is 0 Å². The number of nitrogens with two attached hydrogens (primary N) is 1. The van der Waals surface area contributed by atoms with E-state index < -0.39 is 0 Å². The number of amides is 1. The number of aryl methyl sites for hydroxylation is 1. The van der Waals surface area contributed by atoms with Crippen LogP contribution in [0.15, 0.2) is 70.2 Å². The monoisotopic (exact) mass is 537 g/mol. The van der Waals surface area contributed by atoms with Crippen molar-refractivity contribution in [1.82, 2.24) is 20.5 Å². The Labute approximate surface area is 231 Å². The molecule has 0 unspecified atom stereocenters. The van der Waals surface area contributed by atoms with Crippen molar-refractivity contribution >= 4 is 23.4 Å². The second kappa shape index (κ2) is 14.8. The minimum Gasteiger partial charge on any atom is -0.405 e. The van der Waals surface area contributed by atoms with E-state index in [2.05, 4.69) is 41.2 Å². The molecule has 0 atom stereocenters. The van der Waals surface area contributed by atoms with E-state index in [0.29, 0.717) is 48.7 Å². The molecule has 0 aromatic carbocycles. The molecule has 1 aromatic heterocycles. The number of aromatic nitrogens is 1. The first-order chi connectivity index (χ1) is 18.5. The quantitative estimate of drug-likeness (QED) is 0.0784. The van der Waals surface area contributed by atoms with Gasteiger partial charge in [0.25, 0.3) is 5.56 Å². The molecule has 0 saturated carbocycles. The molecule has 212 valence electrons. The van der Waals surface area contributed by atoms with Gasteiger partial charge in [0.1, 0.15) is 11.5 Å². The topological polar surface area (TPSA) is 157 Å². The van der Waals surface area contributed by atoms with Crippen LogP contribution in [0.1, 0.15) is 45.6 Å². The number of aliphatic hydroxyl groups excluding tert-OH is 1. The van der Waals surface area contributed by atoms with Crippen molar-refractivity contribution in [3.8, 4) is 0 Å². The van der Waals surface area contributed by atoms with E-state index in [1.165, 1.54) is 22.0 Å². The number of carbonyl (C=O) groups excluding carboxylic acids is 1. The fraction of sp³-hybridized carbons (Fsp3) is 0.414. The van der Waals surface area contributed by atoms with Gasteiger partial charge in [-0.1, -0.05) is 26.0 Å². The molecule has 0 radical (unpaired) electrons.